The number of piperazine rings is 1. The van der Waals surface area contributed by atoms with Gasteiger partial charge >= 0.3 is 11.9 Å². The van der Waals surface area contributed by atoms with Crippen molar-refractivity contribution in [1.82, 2.24) is 15.1 Å². The van der Waals surface area contributed by atoms with Crippen molar-refractivity contribution in [2.24, 2.45) is 0 Å². The molecule has 2 N–H and O–H groups in total. The summed E-state index contributed by atoms with van der Waals surface area (Å²) in [5.74, 6) is 2.01. The third kappa shape index (κ3) is 4.98. The maximum absolute atomic E-state index is 14.8. The molecular weight excluding hydrogens is 741 g/mol. The van der Waals surface area contributed by atoms with Gasteiger partial charge in [0.15, 0.2) is 40.0 Å². The summed E-state index contributed by atoms with van der Waals surface area (Å²) < 4.78 is 42.7. The largest absolute Gasteiger partial charge is 0.504 e. The fraction of sp³-hybridized carbons (Fsp3) is 0.488. The highest BCUT2D eigenvalue weighted by Gasteiger charge is 2.62. The molecule has 7 atom stereocenters. The van der Waals surface area contributed by atoms with E-state index in [-0.39, 0.29) is 42.7 Å². The number of thioether (sulfide) groups is 1. The molecule has 7 aliphatic heterocycles. The lowest BCUT2D eigenvalue weighted by molar-refractivity contribution is -0.157. The molecule has 0 saturated carbocycles. The number of phenols is 1. The van der Waals surface area contributed by atoms with E-state index in [9.17, 15) is 20.0 Å². The molecule has 3 aromatic carbocycles. The maximum atomic E-state index is 14.8. The van der Waals surface area contributed by atoms with Gasteiger partial charge in [-0.05, 0) is 68.1 Å². The summed E-state index contributed by atoms with van der Waals surface area (Å²) in [6.45, 7) is 5.49. The Morgan fingerprint density at radius 3 is 2.50 bits per heavy atom. The summed E-state index contributed by atoms with van der Waals surface area (Å²) in [7, 11) is 6.82. The molecule has 14 nitrogen and oxygen atoms in total. The number of phenolic OH excluding ortho intramolecular Hbond substituents is 1. The molecule has 1 spiro atoms. The van der Waals surface area contributed by atoms with Gasteiger partial charge in [0, 0.05) is 53.6 Å². The molecule has 2 saturated heterocycles. The molecule has 0 aliphatic carbocycles. The number of aryl methyl sites for hydroxylation is 1. The number of hydrogen-bond donors (Lipinski definition) is 2. The number of nitrogens with zero attached hydrogens (tertiary/aromatic N) is 3. The molecule has 15 heteroatoms. The van der Waals surface area contributed by atoms with Gasteiger partial charge in [-0.15, -0.1) is 11.8 Å². The number of carbonyl (C=O) groups is 2. The van der Waals surface area contributed by atoms with Crippen LogP contribution in [0.4, 0.5) is 0 Å². The third-order valence-electron chi connectivity index (χ3n) is 12.6. The molecule has 56 heavy (non-hydrogen) atoms. The van der Waals surface area contributed by atoms with E-state index in [2.05, 4.69) is 34.3 Å². The van der Waals surface area contributed by atoms with Gasteiger partial charge in [-0.25, -0.2) is 4.79 Å². The SMILES string of the molecule is COc1cc2c(cc1O)CCN[C@]21CS[C@@H]2c3c(OC(C)=O)c(C)c4c(c3[C@H](COC1=O)N1C2[C@@H]2c3c(cc(C)c(OC)c3OC)C[C@@H]([C@@H]1C#N)N2C)OCO4. The lowest BCUT2D eigenvalue weighted by Crippen LogP contribution is -2.69. The molecule has 2 fully saturated rings. The molecular formula is C41H44N4O10S. The Morgan fingerprint density at radius 1 is 1.02 bits per heavy atom. The van der Waals surface area contributed by atoms with Crippen molar-refractivity contribution in [1.29, 1.82) is 5.26 Å². The molecule has 0 amide bonds. The van der Waals surface area contributed by atoms with E-state index in [0.717, 1.165) is 27.8 Å². The van der Waals surface area contributed by atoms with Crippen molar-refractivity contribution < 1.29 is 47.9 Å². The Kier molecular flexibility index (Phi) is 8.77. The van der Waals surface area contributed by atoms with E-state index < -0.39 is 40.9 Å². The fourth-order valence-electron chi connectivity index (χ4n) is 10.4. The van der Waals surface area contributed by atoms with E-state index in [1.54, 1.807) is 26.4 Å². The normalized spacial score (nSPS) is 28.6. The number of nitriles is 1. The molecule has 1 unspecified atom stereocenters. The number of carbonyl (C=O) groups excluding carboxylic acids is 2. The van der Waals surface area contributed by atoms with E-state index in [1.165, 1.54) is 25.8 Å². The highest BCUT2D eigenvalue weighted by Crippen LogP contribution is 2.64. The molecule has 0 radical (unpaired) electrons. The van der Waals surface area contributed by atoms with Gasteiger partial charge in [0.05, 0.1) is 44.7 Å². The number of benzene rings is 3. The zero-order chi connectivity index (χ0) is 39.4. The standard InChI is InChI=1S/C41H44N4O10S/c1-18-10-22-11-24-25(14-42)45-26-15-52-40(48)41(23-13-28(49-5)27(47)12-21(23)8-9-43-41)16-56-39(33(45)32(44(24)4)29(22)37(51-7)34(18)50-6)31-30(26)38-36(53-17-54-38)19(2)35(31)55-20(3)46/h10,12-13,24-26,32-33,39,43,47H,8-9,11,15-17H2,1-7H3/t24-,25-,26-,32-,33?,39+,41+/m0/s1. The lowest BCUT2D eigenvalue weighted by atomic mass is 9.71. The van der Waals surface area contributed by atoms with Gasteiger partial charge in [-0.2, -0.15) is 5.26 Å². The first-order chi connectivity index (χ1) is 27.0. The molecule has 294 valence electrons. The molecule has 3 aromatic rings. The van der Waals surface area contributed by atoms with E-state index in [0.29, 0.717) is 64.8 Å². The van der Waals surface area contributed by atoms with Gasteiger partial charge in [-0.1, -0.05) is 6.07 Å². The van der Waals surface area contributed by atoms with Gasteiger partial charge in [-0.3, -0.25) is 19.9 Å². The quantitative estimate of drug-likeness (QED) is 0.285. The Morgan fingerprint density at radius 2 is 1.79 bits per heavy atom. The van der Waals surface area contributed by atoms with Crippen molar-refractivity contribution in [2.75, 3.05) is 54.1 Å². The van der Waals surface area contributed by atoms with E-state index in [1.807, 2.05) is 13.8 Å². The zero-order valence-corrected chi connectivity index (χ0v) is 33.1. The predicted octanol–water partition coefficient (Wildman–Crippen LogP) is 4.29. The van der Waals surface area contributed by atoms with Gasteiger partial charge in [0.2, 0.25) is 6.79 Å². The van der Waals surface area contributed by atoms with Crippen molar-refractivity contribution in [2.45, 2.75) is 74.6 Å². The molecule has 4 bridgehead atoms. The molecule has 10 rings (SSSR count). The van der Waals surface area contributed by atoms with Crippen LogP contribution >= 0.6 is 11.8 Å². The van der Waals surface area contributed by atoms with Gasteiger partial charge in [0.1, 0.15) is 18.4 Å². The summed E-state index contributed by atoms with van der Waals surface area (Å²) in [4.78, 5) is 32.3. The number of hydrogen-bond acceptors (Lipinski definition) is 15. The predicted molar refractivity (Wildman–Crippen MR) is 203 cm³/mol. The first kappa shape index (κ1) is 36.7. The average Bonchev–Trinajstić information content (AvgIpc) is 3.67. The number of aromatic hydroxyl groups is 1. The van der Waals surface area contributed by atoms with Crippen LogP contribution in [0.2, 0.25) is 0 Å². The summed E-state index contributed by atoms with van der Waals surface area (Å²) in [6, 6.07) is 5.81. The minimum Gasteiger partial charge on any atom is -0.504 e. The first-order valence-electron chi connectivity index (χ1n) is 18.7. The van der Waals surface area contributed by atoms with Crippen molar-refractivity contribution in [3.8, 4) is 46.3 Å². The van der Waals surface area contributed by atoms with Crippen LogP contribution in [0.5, 0.6) is 40.2 Å². The van der Waals surface area contributed by atoms with Crippen LogP contribution in [0.1, 0.15) is 68.8 Å². The Bertz CT molecular complexity index is 2240. The molecule has 7 heterocycles. The highest BCUT2D eigenvalue weighted by molar-refractivity contribution is 7.99. The Balaban J connectivity index is 1.34. The summed E-state index contributed by atoms with van der Waals surface area (Å²) in [5.41, 5.74) is 5.13. The van der Waals surface area contributed by atoms with Crippen LogP contribution in [0.3, 0.4) is 0 Å². The zero-order valence-electron chi connectivity index (χ0n) is 32.3. The van der Waals surface area contributed by atoms with E-state index in [4.69, 9.17) is 33.2 Å². The van der Waals surface area contributed by atoms with Gasteiger partial charge < -0.3 is 38.3 Å². The maximum Gasteiger partial charge on any atom is 0.331 e. The van der Waals surface area contributed by atoms with Crippen molar-refractivity contribution in [3.05, 3.63) is 62.7 Å². The number of methoxy groups -OCH3 is 3. The average molecular weight is 785 g/mol. The minimum atomic E-state index is -1.34. The van der Waals surface area contributed by atoms with Crippen LogP contribution in [0, 0.1) is 25.2 Å². The number of esters is 2. The van der Waals surface area contributed by atoms with Crippen LogP contribution < -0.4 is 33.7 Å². The van der Waals surface area contributed by atoms with Crippen LogP contribution in [0.25, 0.3) is 0 Å². The number of nitrogens with one attached hydrogen (secondary N) is 1. The number of fused-ring (bicyclic) bond motifs is 9. The minimum absolute atomic E-state index is 0.0108. The second kappa shape index (κ2) is 13.4. The van der Waals surface area contributed by atoms with Crippen molar-refractivity contribution in [3.63, 3.8) is 0 Å². The molecule has 0 aromatic heterocycles. The number of ether oxygens (including phenoxy) is 7. The second-order valence-electron chi connectivity index (χ2n) is 15.3. The fourth-order valence-corrected chi connectivity index (χ4v) is 12.1. The smallest absolute Gasteiger partial charge is 0.331 e. The van der Waals surface area contributed by atoms with Gasteiger partial charge in [0.25, 0.3) is 0 Å². The number of likely N-dealkylation sites (N-methyl/N-ethyl adjacent to an activating group) is 1. The lowest BCUT2D eigenvalue weighted by Gasteiger charge is -2.62. The summed E-state index contributed by atoms with van der Waals surface area (Å²) in [6.07, 6.45) is 1.15. The summed E-state index contributed by atoms with van der Waals surface area (Å²) in [5, 5.41) is 25.0. The third-order valence-corrected chi connectivity index (χ3v) is 14.1. The Labute approximate surface area is 328 Å². The molecule has 7 aliphatic rings. The number of rotatable bonds is 4. The van der Waals surface area contributed by atoms with Crippen molar-refractivity contribution >= 4 is 23.7 Å². The van der Waals surface area contributed by atoms with Crippen LogP contribution in [0.15, 0.2) is 18.2 Å². The second-order valence-corrected chi connectivity index (χ2v) is 16.4. The highest BCUT2D eigenvalue weighted by atomic mass is 32.2. The Hall–Kier alpha value is -4.88. The van der Waals surface area contributed by atoms with Crippen LogP contribution in [-0.4, -0.2) is 99.0 Å². The van der Waals surface area contributed by atoms with Crippen LogP contribution in [-0.2, 0) is 32.7 Å². The monoisotopic (exact) mass is 784 g/mol. The first-order valence-corrected chi connectivity index (χ1v) is 19.8. The summed E-state index contributed by atoms with van der Waals surface area (Å²) >= 11 is 1.53. The van der Waals surface area contributed by atoms with E-state index >= 15 is 0 Å². The topological polar surface area (TPSA) is 161 Å².